The van der Waals surface area contributed by atoms with E-state index < -0.39 is 23.8 Å². The largest absolute Gasteiger partial charge is 0.394 e. The van der Waals surface area contributed by atoms with Gasteiger partial charge in [-0.1, -0.05) is 12.1 Å². The predicted molar refractivity (Wildman–Crippen MR) is 77.3 cm³/mol. The zero-order chi connectivity index (χ0) is 16.1. The Hall–Kier alpha value is -2.25. The predicted octanol–water partition coefficient (Wildman–Crippen LogP) is -0.204. The second-order valence-electron chi connectivity index (χ2n) is 4.83. The summed E-state index contributed by atoms with van der Waals surface area (Å²) in [4.78, 5) is 37.5. The Morgan fingerprint density at radius 2 is 1.82 bits per heavy atom. The highest BCUT2D eigenvalue weighted by molar-refractivity contribution is 6.22. The molecule has 1 aliphatic rings. The summed E-state index contributed by atoms with van der Waals surface area (Å²) in [7, 11) is 0. The van der Waals surface area contributed by atoms with E-state index in [1.165, 1.54) is 6.92 Å². The molecule has 0 spiro atoms. The fourth-order valence-electron chi connectivity index (χ4n) is 2.24. The van der Waals surface area contributed by atoms with E-state index in [4.69, 9.17) is 9.84 Å². The fourth-order valence-corrected chi connectivity index (χ4v) is 2.24. The van der Waals surface area contributed by atoms with Crippen molar-refractivity contribution in [3.63, 3.8) is 0 Å². The monoisotopic (exact) mass is 306 g/mol. The fraction of sp³-hybridized carbons (Fsp3) is 0.400. The van der Waals surface area contributed by atoms with Crippen molar-refractivity contribution in [3.05, 3.63) is 35.4 Å². The summed E-state index contributed by atoms with van der Waals surface area (Å²) in [6.07, 6.45) is 0. The first-order valence-electron chi connectivity index (χ1n) is 7.01. The number of benzene rings is 1. The molecule has 1 aromatic rings. The maximum Gasteiger partial charge on any atom is 0.262 e. The van der Waals surface area contributed by atoms with E-state index >= 15 is 0 Å². The van der Waals surface area contributed by atoms with Crippen LogP contribution in [0.1, 0.15) is 27.6 Å². The smallest absolute Gasteiger partial charge is 0.262 e. The van der Waals surface area contributed by atoms with Crippen LogP contribution in [0, 0.1) is 0 Å². The van der Waals surface area contributed by atoms with Gasteiger partial charge in [-0.3, -0.25) is 19.3 Å². The van der Waals surface area contributed by atoms with E-state index in [0.29, 0.717) is 11.1 Å². The van der Waals surface area contributed by atoms with Crippen molar-refractivity contribution >= 4 is 17.7 Å². The van der Waals surface area contributed by atoms with Crippen LogP contribution in [0.3, 0.4) is 0 Å². The zero-order valence-corrected chi connectivity index (χ0v) is 12.2. The number of ether oxygens (including phenoxy) is 1. The molecule has 1 aromatic carbocycles. The molecule has 0 aliphatic carbocycles. The van der Waals surface area contributed by atoms with Gasteiger partial charge in [-0.05, 0) is 19.1 Å². The molecule has 2 N–H and O–H groups in total. The van der Waals surface area contributed by atoms with Crippen molar-refractivity contribution in [1.29, 1.82) is 0 Å². The number of amides is 3. The zero-order valence-electron chi connectivity index (χ0n) is 12.2. The molecule has 2 rings (SSSR count). The quantitative estimate of drug-likeness (QED) is 0.537. The number of imide groups is 1. The summed E-state index contributed by atoms with van der Waals surface area (Å²) in [6, 6.07) is 5.60. The topological polar surface area (TPSA) is 95.9 Å². The van der Waals surface area contributed by atoms with E-state index in [-0.39, 0.29) is 26.4 Å². The van der Waals surface area contributed by atoms with Crippen LogP contribution in [-0.2, 0) is 9.53 Å². The molecule has 1 atom stereocenters. The number of carbonyl (C=O) groups is 3. The average Bonchev–Trinajstić information content (AvgIpc) is 2.78. The first-order valence-corrected chi connectivity index (χ1v) is 7.01. The van der Waals surface area contributed by atoms with E-state index in [2.05, 4.69) is 5.32 Å². The lowest BCUT2D eigenvalue weighted by molar-refractivity contribution is -0.124. The van der Waals surface area contributed by atoms with Crippen molar-refractivity contribution in [2.24, 2.45) is 0 Å². The standard InChI is InChI=1S/C15H18N2O5/c1-10(13(19)16-6-8-22-9-7-18)17-14(20)11-4-2-3-5-12(11)15(17)21/h2-5,10,18H,6-9H2,1H3,(H,16,19). The molecule has 0 saturated carbocycles. The minimum absolute atomic E-state index is 0.0839. The van der Waals surface area contributed by atoms with Gasteiger partial charge in [0.05, 0.1) is 30.9 Å². The Morgan fingerprint density at radius 3 is 2.36 bits per heavy atom. The Labute approximate surface area is 127 Å². The van der Waals surface area contributed by atoms with Gasteiger partial charge in [0.2, 0.25) is 5.91 Å². The van der Waals surface area contributed by atoms with Crippen molar-refractivity contribution in [1.82, 2.24) is 10.2 Å². The van der Waals surface area contributed by atoms with Gasteiger partial charge < -0.3 is 15.2 Å². The van der Waals surface area contributed by atoms with Crippen LogP contribution >= 0.6 is 0 Å². The lowest BCUT2D eigenvalue weighted by Crippen LogP contribution is -2.48. The second-order valence-corrected chi connectivity index (χ2v) is 4.83. The van der Waals surface area contributed by atoms with Gasteiger partial charge in [0.1, 0.15) is 6.04 Å². The molecule has 7 heteroatoms. The van der Waals surface area contributed by atoms with E-state index in [9.17, 15) is 14.4 Å². The van der Waals surface area contributed by atoms with Crippen LogP contribution in [0.5, 0.6) is 0 Å². The van der Waals surface area contributed by atoms with Crippen LogP contribution in [0.15, 0.2) is 24.3 Å². The SMILES string of the molecule is CC(C(=O)NCCOCCO)N1C(=O)c2ccccc2C1=O. The highest BCUT2D eigenvalue weighted by Gasteiger charge is 2.40. The first-order chi connectivity index (χ1) is 10.6. The Kier molecular flexibility index (Phi) is 5.24. The van der Waals surface area contributed by atoms with Crippen LogP contribution in [0.4, 0.5) is 0 Å². The van der Waals surface area contributed by atoms with E-state index in [1.807, 2.05) is 0 Å². The minimum atomic E-state index is -0.898. The molecule has 1 heterocycles. The molecule has 0 aromatic heterocycles. The number of rotatable bonds is 7. The molecule has 0 saturated heterocycles. The average molecular weight is 306 g/mol. The van der Waals surface area contributed by atoms with Gasteiger partial charge in [-0.2, -0.15) is 0 Å². The summed E-state index contributed by atoms with van der Waals surface area (Å²) >= 11 is 0. The highest BCUT2D eigenvalue weighted by Crippen LogP contribution is 2.24. The van der Waals surface area contributed by atoms with Crippen molar-refractivity contribution < 1.29 is 24.2 Å². The van der Waals surface area contributed by atoms with Gasteiger partial charge >= 0.3 is 0 Å². The number of carbonyl (C=O) groups excluding carboxylic acids is 3. The molecular formula is C15H18N2O5. The van der Waals surface area contributed by atoms with Gasteiger partial charge in [-0.15, -0.1) is 0 Å². The van der Waals surface area contributed by atoms with Crippen molar-refractivity contribution in [3.8, 4) is 0 Å². The summed E-state index contributed by atoms with van der Waals surface area (Å²) in [5.41, 5.74) is 0.636. The van der Waals surface area contributed by atoms with Crippen LogP contribution in [0.25, 0.3) is 0 Å². The summed E-state index contributed by atoms with van der Waals surface area (Å²) in [6.45, 7) is 2.11. The van der Waals surface area contributed by atoms with E-state index in [1.54, 1.807) is 24.3 Å². The Balaban J connectivity index is 1.96. The second kappa shape index (κ2) is 7.15. The normalized spacial score (nSPS) is 14.9. The number of hydrogen-bond donors (Lipinski definition) is 2. The van der Waals surface area contributed by atoms with Gasteiger partial charge in [0.25, 0.3) is 11.8 Å². The van der Waals surface area contributed by atoms with Crippen LogP contribution < -0.4 is 5.32 Å². The van der Waals surface area contributed by atoms with Crippen LogP contribution in [-0.4, -0.2) is 60.1 Å². The lowest BCUT2D eigenvalue weighted by atomic mass is 10.1. The molecule has 0 fully saturated rings. The summed E-state index contributed by atoms with van der Waals surface area (Å²) in [5.74, 6) is -1.35. The number of nitrogens with zero attached hydrogens (tertiary/aromatic N) is 1. The maximum absolute atomic E-state index is 12.2. The first kappa shape index (κ1) is 16.1. The summed E-state index contributed by atoms with van der Waals surface area (Å²) in [5, 5.41) is 11.2. The van der Waals surface area contributed by atoms with Crippen LogP contribution in [0.2, 0.25) is 0 Å². The molecule has 7 nitrogen and oxygen atoms in total. The van der Waals surface area contributed by atoms with Gasteiger partial charge in [0, 0.05) is 6.54 Å². The van der Waals surface area contributed by atoms with E-state index in [0.717, 1.165) is 4.90 Å². The lowest BCUT2D eigenvalue weighted by Gasteiger charge is -2.21. The molecule has 0 radical (unpaired) electrons. The van der Waals surface area contributed by atoms with Gasteiger partial charge in [-0.25, -0.2) is 0 Å². The van der Waals surface area contributed by atoms with Gasteiger partial charge in [0.15, 0.2) is 0 Å². The Bertz CT molecular complexity index is 552. The Morgan fingerprint density at radius 1 is 1.23 bits per heavy atom. The number of fused-ring (bicyclic) bond motifs is 1. The third kappa shape index (κ3) is 3.15. The molecule has 0 bridgehead atoms. The molecule has 22 heavy (non-hydrogen) atoms. The molecule has 3 amide bonds. The highest BCUT2D eigenvalue weighted by atomic mass is 16.5. The number of aliphatic hydroxyl groups is 1. The molecular weight excluding hydrogens is 288 g/mol. The third-order valence-electron chi connectivity index (χ3n) is 3.37. The third-order valence-corrected chi connectivity index (χ3v) is 3.37. The minimum Gasteiger partial charge on any atom is -0.394 e. The molecule has 118 valence electrons. The van der Waals surface area contributed by atoms with Crippen molar-refractivity contribution in [2.75, 3.05) is 26.4 Å². The summed E-state index contributed by atoms with van der Waals surface area (Å²) < 4.78 is 5.02. The molecule has 1 unspecified atom stereocenters. The van der Waals surface area contributed by atoms with Crippen molar-refractivity contribution in [2.45, 2.75) is 13.0 Å². The number of aliphatic hydroxyl groups excluding tert-OH is 1. The maximum atomic E-state index is 12.2. The number of nitrogens with one attached hydrogen (secondary N) is 1. The molecule has 1 aliphatic heterocycles. The number of hydrogen-bond acceptors (Lipinski definition) is 5.